The Bertz CT molecular complexity index is 360. The van der Waals surface area contributed by atoms with E-state index in [4.69, 9.17) is 10.1 Å². The van der Waals surface area contributed by atoms with Crippen LogP contribution in [0, 0.1) is 5.41 Å². The molecular formula is C11H14N2O. The quantitative estimate of drug-likeness (QED) is 0.540. The molecule has 2 rings (SSSR count). The Morgan fingerprint density at radius 1 is 1.43 bits per heavy atom. The zero-order valence-electron chi connectivity index (χ0n) is 8.45. The monoisotopic (exact) mass is 190 g/mol. The molecule has 1 aromatic rings. The molecule has 0 bridgehead atoms. The number of amidine groups is 1. The highest BCUT2D eigenvalue weighted by Gasteiger charge is 2.28. The maximum absolute atomic E-state index is 7.92. The largest absolute Gasteiger partial charge is 0.492 e. The summed E-state index contributed by atoms with van der Waals surface area (Å²) in [5.41, 5.74) is 1.13. The molecule has 14 heavy (non-hydrogen) atoms. The summed E-state index contributed by atoms with van der Waals surface area (Å²) in [6, 6.07) is 7.94. The standard InChI is InChI=1S/C11H14N2O/c1-13(2)11(12)9-7-14-10-6-4-3-5-8(9)10/h3-6,9,12H,7H2,1-2H3. The first-order chi connectivity index (χ1) is 6.70. The molecule has 0 amide bonds. The maximum atomic E-state index is 7.92. The Kier molecular flexibility index (Phi) is 2.15. The average molecular weight is 190 g/mol. The van der Waals surface area contributed by atoms with Gasteiger partial charge in [-0.2, -0.15) is 0 Å². The smallest absolute Gasteiger partial charge is 0.123 e. The second kappa shape index (κ2) is 3.33. The second-order valence-electron chi connectivity index (χ2n) is 3.68. The normalized spacial score (nSPS) is 18.6. The van der Waals surface area contributed by atoms with Crippen molar-refractivity contribution < 1.29 is 4.74 Å². The third-order valence-electron chi connectivity index (χ3n) is 2.51. The Morgan fingerprint density at radius 2 is 2.14 bits per heavy atom. The third-order valence-corrected chi connectivity index (χ3v) is 2.51. The van der Waals surface area contributed by atoms with Crippen LogP contribution in [0.3, 0.4) is 0 Å². The van der Waals surface area contributed by atoms with Gasteiger partial charge in [-0.05, 0) is 6.07 Å². The SMILES string of the molecule is CN(C)C(=N)C1COc2ccccc21. The highest BCUT2D eigenvalue weighted by molar-refractivity contribution is 5.87. The Balaban J connectivity index is 2.30. The molecule has 1 aliphatic rings. The summed E-state index contributed by atoms with van der Waals surface area (Å²) in [4.78, 5) is 1.83. The fraction of sp³-hybridized carbons (Fsp3) is 0.364. The van der Waals surface area contributed by atoms with E-state index < -0.39 is 0 Å². The number of rotatable bonds is 1. The predicted molar refractivity (Wildman–Crippen MR) is 56.1 cm³/mol. The van der Waals surface area contributed by atoms with Gasteiger partial charge in [-0.1, -0.05) is 18.2 Å². The first-order valence-corrected chi connectivity index (χ1v) is 4.67. The number of benzene rings is 1. The zero-order valence-corrected chi connectivity index (χ0v) is 8.45. The van der Waals surface area contributed by atoms with Gasteiger partial charge in [0.2, 0.25) is 0 Å². The minimum absolute atomic E-state index is 0.0983. The highest BCUT2D eigenvalue weighted by atomic mass is 16.5. The van der Waals surface area contributed by atoms with Crippen LogP contribution in [0.25, 0.3) is 0 Å². The second-order valence-corrected chi connectivity index (χ2v) is 3.68. The molecule has 0 radical (unpaired) electrons. The number of nitrogens with zero attached hydrogens (tertiary/aromatic N) is 1. The van der Waals surface area contributed by atoms with Crippen LogP contribution in [0.5, 0.6) is 5.75 Å². The van der Waals surface area contributed by atoms with Crippen molar-refractivity contribution in [2.24, 2.45) is 0 Å². The van der Waals surface area contributed by atoms with E-state index in [0.29, 0.717) is 12.4 Å². The van der Waals surface area contributed by atoms with E-state index >= 15 is 0 Å². The van der Waals surface area contributed by atoms with Crippen molar-refractivity contribution in [3.8, 4) is 5.75 Å². The fourth-order valence-electron chi connectivity index (χ4n) is 1.70. The fourth-order valence-corrected chi connectivity index (χ4v) is 1.70. The third kappa shape index (κ3) is 1.35. The predicted octanol–water partition coefficient (Wildman–Crippen LogP) is 1.70. The minimum atomic E-state index is 0.0983. The summed E-state index contributed by atoms with van der Waals surface area (Å²) in [5.74, 6) is 1.63. The molecule has 0 fully saturated rings. The summed E-state index contributed by atoms with van der Waals surface area (Å²) >= 11 is 0. The molecule has 1 atom stereocenters. The van der Waals surface area contributed by atoms with Gasteiger partial charge in [-0.25, -0.2) is 0 Å². The Labute approximate surface area is 83.8 Å². The zero-order chi connectivity index (χ0) is 10.1. The van der Waals surface area contributed by atoms with E-state index in [0.717, 1.165) is 11.3 Å². The lowest BCUT2D eigenvalue weighted by molar-refractivity contribution is 0.344. The summed E-state index contributed by atoms with van der Waals surface area (Å²) < 4.78 is 5.51. The number of para-hydroxylation sites is 1. The molecule has 0 aliphatic carbocycles. The maximum Gasteiger partial charge on any atom is 0.123 e. The van der Waals surface area contributed by atoms with Gasteiger partial charge in [0, 0.05) is 19.7 Å². The summed E-state index contributed by atoms with van der Waals surface area (Å²) in [6.07, 6.45) is 0. The van der Waals surface area contributed by atoms with Gasteiger partial charge in [-0.3, -0.25) is 5.41 Å². The number of nitrogens with one attached hydrogen (secondary N) is 1. The summed E-state index contributed by atoms with van der Waals surface area (Å²) in [6.45, 7) is 0.594. The van der Waals surface area contributed by atoms with Crippen LogP contribution in [-0.2, 0) is 0 Å². The van der Waals surface area contributed by atoms with E-state index in [-0.39, 0.29) is 5.92 Å². The van der Waals surface area contributed by atoms with Gasteiger partial charge in [-0.15, -0.1) is 0 Å². The molecule has 1 unspecified atom stereocenters. The van der Waals surface area contributed by atoms with Gasteiger partial charge in [0.15, 0.2) is 0 Å². The minimum Gasteiger partial charge on any atom is -0.492 e. The van der Waals surface area contributed by atoms with E-state index in [9.17, 15) is 0 Å². The molecule has 1 N–H and O–H groups in total. The lowest BCUT2D eigenvalue weighted by Crippen LogP contribution is -2.28. The van der Waals surface area contributed by atoms with Gasteiger partial charge < -0.3 is 9.64 Å². The van der Waals surface area contributed by atoms with E-state index in [1.54, 1.807) is 0 Å². The van der Waals surface area contributed by atoms with E-state index in [1.807, 2.05) is 43.3 Å². The van der Waals surface area contributed by atoms with Crippen molar-refractivity contribution in [1.82, 2.24) is 4.90 Å². The van der Waals surface area contributed by atoms with Crippen LogP contribution >= 0.6 is 0 Å². The van der Waals surface area contributed by atoms with Crippen LogP contribution in [0.2, 0.25) is 0 Å². The van der Waals surface area contributed by atoms with Crippen molar-refractivity contribution in [3.05, 3.63) is 29.8 Å². The number of ether oxygens (including phenoxy) is 1. The summed E-state index contributed by atoms with van der Waals surface area (Å²) in [5, 5.41) is 7.92. The number of hydrogen-bond donors (Lipinski definition) is 1. The number of likely N-dealkylation sites (N-methyl/N-ethyl adjacent to an activating group) is 1. The van der Waals surface area contributed by atoms with Crippen LogP contribution in [0.1, 0.15) is 11.5 Å². The van der Waals surface area contributed by atoms with Crippen molar-refractivity contribution in [2.45, 2.75) is 5.92 Å². The molecular weight excluding hydrogens is 176 g/mol. The molecule has 3 heteroatoms. The molecule has 1 aromatic carbocycles. The van der Waals surface area contributed by atoms with Crippen LogP contribution in [0.15, 0.2) is 24.3 Å². The van der Waals surface area contributed by atoms with Crippen LogP contribution in [-0.4, -0.2) is 31.4 Å². The summed E-state index contributed by atoms with van der Waals surface area (Å²) in [7, 11) is 3.78. The van der Waals surface area contributed by atoms with Gasteiger partial charge in [0.05, 0.1) is 5.92 Å². The molecule has 74 valence electrons. The van der Waals surface area contributed by atoms with Crippen LogP contribution in [0.4, 0.5) is 0 Å². The van der Waals surface area contributed by atoms with Crippen molar-refractivity contribution in [3.63, 3.8) is 0 Å². The average Bonchev–Trinajstić information content (AvgIpc) is 2.60. The first-order valence-electron chi connectivity index (χ1n) is 4.67. The molecule has 0 saturated carbocycles. The van der Waals surface area contributed by atoms with Gasteiger partial charge >= 0.3 is 0 Å². The van der Waals surface area contributed by atoms with Crippen molar-refractivity contribution in [2.75, 3.05) is 20.7 Å². The molecule has 0 spiro atoms. The lowest BCUT2D eigenvalue weighted by Gasteiger charge is -2.18. The van der Waals surface area contributed by atoms with E-state index in [2.05, 4.69) is 0 Å². The molecule has 1 aliphatic heterocycles. The number of hydrogen-bond acceptors (Lipinski definition) is 2. The number of fused-ring (bicyclic) bond motifs is 1. The van der Waals surface area contributed by atoms with E-state index in [1.165, 1.54) is 0 Å². The van der Waals surface area contributed by atoms with Crippen LogP contribution < -0.4 is 4.74 Å². The van der Waals surface area contributed by atoms with Crippen molar-refractivity contribution in [1.29, 1.82) is 5.41 Å². The topological polar surface area (TPSA) is 36.3 Å². The first kappa shape index (κ1) is 9.06. The molecule has 1 heterocycles. The highest BCUT2D eigenvalue weighted by Crippen LogP contribution is 2.34. The lowest BCUT2D eigenvalue weighted by atomic mass is 10.00. The molecule has 3 nitrogen and oxygen atoms in total. The molecule has 0 saturated heterocycles. The van der Waals surface area contributed by atoms with Crippen molar-refractivity contribution >= 4 is 5.84 Å². The Hall–Kier alpha value is -1.51. The van der Waals surface area contributed by atoms with Gasteiger partial charge in [0.25, 0.3) is 0 Å². The van der Waals surface area contributed by atoms with Gasteiger partial charge in [0.1, 0.15) is 18.2 Å². The Morgan fingerprint density at radius 3 is 2.86 bits per heavy atom. The molecule has 0 aromatic heterocycles.